The number of benzene rings is 1. The van der Waals surface area contributed by atoms with Gasteiger partial charge in [0, 0.05) is 17.8 Å². The maximum absolute atomic E-state index is 13.6. The summed E-state index contributed by atoms with van der Waals surface area (Å²) in [4.78, 5) is -0.0726. The van der Waals surface area contributed by atoms with E-state index in [2.05, 4.69) is 11.6 Å². The number of hydrogen-bond donors (Lipinski definition) is 2. The SMILES string of the molecule is Cc1c(F)cc(N)cc1S(=O)(=O)NCC1(C)CCCC1. The number of halogens is 1. The molecule has 0 radical (unpaired) electrons. The summed E-state index contributed by atoms with van der Waals surface area (Å²) in [6.07, 6.45) is 4.29. The molecule has 0 bridgehead atoms. The smallest absolute Gasteiger partial charge is 0.241 e. The van der Waals surface area contributed by atoms with Crippen LogP contribution in [0.15, 0.2) is 17.0 Å². The fourth-order valence-electron chi connectivity index (χ4n) is 2.71. The number of nitrogens with two attached hydrogens (primary N) is 1. The predicted octanol–water partition coefficient (Wildman–Crippen LogP) is 2.57. The molecular formula is C14H21FN2O2S. The van der Waals surface area contributed by atoms with Crippen LogP contribution < -0.4 is 10.5 Å². The minimum atomic E-state index is -3.73. The molecule has 3 N–H and O–H groups in total. The summed E-state index contributed by atoms with van der Waals surface area (Å²) < 4.78 is 40.9. The first-order valence-corrected chi connectivity index (χ1v) is 8.27. The molecule has 20 heavy (non-hydrogen) atoms. The fraction of sp³-hybridized carbons (Fsp3) is 0.571. The third-order valence-electron chi connectivity index (χ3n) is 4.11. The molecule has 0 heterocycles. The van der Waals surface area contributed by atoms with Crippen LogP contribution in [-0.4, -0.2) is 15.0 Å². The molecule has 4 nitrogen and oxygen atoms in total. The van der Waals surface area contributed by atoms with Crippen molar-refractivity contribution in [2.45, 2.75) is 44.4 Å². The van der Waals surface area contributed by atoms with Gasteiger partial charge in [-0.25, -0.2) is 17.5 Å². The van der Waals surface area contributed by atoms with Crippen molar-refractivity contribution >= 4 is 15.7 Å². The van der Waals surface area contributed by atoms with Crippen molar-refractivity contribution in [3.63, 3.8) is 0 Å². The number of nitrogens with one attached hydrogen (secondary N) is 1. The van der Waals surface area contributed by atoms with Crippen molar-refractivity contribution < 1.29 is 12.8 Å². The van der Waals surface area contributed by atoms with Crippen molar-refractivity contribution in [3.05, 3.63) is 23.5 Å². The molecule has 1 fully saturated rings. The summed E-state index contributed by atoms with van der Waals surface area (Å²) in [5.74, 6) is -0.600. The average molecular weight is 300 g/mol. The molecule has 1 aromatic rings. The second-order valence-electron chi connectivity index (χ2n) is 5.97. The Labute approximate surface area is 119 Å². The minimum absolute atomic E-state index is 0.000154. The van der Waals surface area contributed by atoms with E-state index in [1.54, 1.807) is 0 Å². The molecule has 0 amide bonds. The third-order valence-corrected chi connectivity index (χ3v) is 5.64. The van der Waals surface area contributed by atoms with Gasteiger partial charge < -0.3 is 5.73 Å². The van der Waals surface area contributed by atoms with E-state index in [1.165, 1.54) is 13.0 Å². The summed E-state index contributed by atoms with van der Waals surface area (Å²) in [7, 11) is -3.73. The molecule has 0 unspecified atom stereocenters. The van der Waals surface area contributed by atoms with Gasteiger partial charge >= 0.3 is 0 Å². The van der Waals surface area contributed by atoms with Crippen molar-refractivity contribution in [1.82, 2.24) is 4.72 Å². The topological polar surface area (TPSA) is 72.2 Å². The van der Waals surface area contributed by atoms with E-state index >= 15 is 0 Å². The van der Waals surface area contributed by atoms with Gasteiger partial charge in [0.1, 0.15) is 5.82 Å². The van der Waals surface area contributed by atoms with Gasteiger partial charge in [-0.1, -0.05) is 19.8 Å². The zero-order valence-corrected chi connectivity index (χ0v) is 12.7. The first-order chi connectivity index (χ1) is 9.23. The highest BCUT2D eigenvalue weighted by Gasteiger charge is 2.31. The van der Waals surface area contributed by atoms with Crippen LogP contribution in [-0.2, 0) is 10.0 Å². The fourth-order valence-corrected chi connectivity index (χ4v) is 4.19. The Bertz CT molecular complexity index is 608. The summed E-state index contributed by atoms with van der Waals surface area (Å²) >= 11 is 0. The Morgan fingerprint density at radius 2 is 1.95 bits per heavy atom. The standard InChI is InChI=1S/C14H21FN2O2S/c1-10-12(15)7-11(16)8-13(10)20(18,19)17-9-14(2)5-3-4-6-14/h7-8,17H,3-6,9,16H2,1-2H3. The van der Waals surface area contributed by atoms with Crippen molar-refractivity contribution in [2.24, 2.45) is 5.41 Å². The van der Waals surface area contributed by atoms with Crippen molar-refractivity contribution in [2.75, 3.05) is 12.3 Å². The number of anilines is 1. The zero-order valence-electron chi connectivity index (χ0n) is 11.9. The van der Waals surface area contributed by atoms with Gasteiger partial charge in [-0.3, -0.25) is 0 Å². The third kappa shape index (κ3) is 3.12. The first kappa shape index (κ1) is 15.3. The number of nitrogen functional groups attached to an aromatic ring is 1. The van der Waals surface area contributed by atoms with Crippen molar-refractivity contribution in [3.8, 4) is 0 Å². The lowest BCUT2D eigenvalue weighted by Gasteiger charge is -2.24. The van der Waals surface area contributed by atoms with E-state index in [9.17, 15) is 12.8 Å². The minimum Gasteiger partial charge on any atom is -0.399 e. The van der Waals surface area contributed by atoms with Gasteiger partial charge in [0.2, 0.25) is 10.0 Å². The van der Waals surface area contributed by atoms with Crippen LogP contribution in [0.25, 0.3) is 0 Å². The van der Waals surface area contributed by atoms with E-state index in [0.29, 0.717) is 6.54 Å². The molecule has 1 aliphatic carbocycles. The van der Waals surface area contributed by atoms with Gasteiger partial charge in [0.05, 0.1) is 4.90 Å². The maximum Gasteiger partial charge on any atom is 0.241 e. The first-order valence-electron chi connectivity index (χ1n) is 6.79. The lowest BCUT2D eigenvalue weighted by atomic mass is 9.89. The normalized spacial score (nSPS) is 18.4. The summed E-state index contributed by atoms with van der Waals surface area (Å²) in [5.41, 5.74) is 5.75. The van der Waals surface area contributed by atoms with Gasteiger partial charge in [0.25, 0.3) is 0 Å². The molecule has 0 aliphatic heterocycles. The number of sulfonamides is 1. The molecule has 1 saturated carbocycles. The maximum atomic E-state index is 13.6. The second-order valence-corrected chi connectivity index (χ2v) is 7.70. The summed E-state index contributed by atoms with van der Waals surface area (Å²) in [5, 5.41) is 0. The molecule has 0 atom stereocenters. The van der Waals surface area contributed by atoms with Gasteiger partial charge in [-0.15, -0.1) is 0 Å². The van der Waals surface area contributed by atoms with E-state index < -0.39 is 15.8 Å². The molecule has 0 aromatic heterocycles. The van der Waals surface area contributed by atoms with Crippen LogP contribution in [0.4, 0.5) is 10.1 Å². The summed E-state index contributed by atoms with van der Waals surface area (Å²) in [6, 6.07) is 2.43. The van der Waals surface area contributed by atoms with E-state index in [1.807, 2.05) is 0 Å². The highest BCUT2D eigenvalue weighted by molar-refractivity contribution is 7.89. The van der Waals surface area contributed by atoms with Crippen LogP contribution in [0.3, 0.4) is 0 Å². The van der Waals surface area contributed by atoms with Gasteiger partial charge in [0.15, 0.2) is 0 Å². The van der Waals surface area contributed by atoms with Crippen LogP contribution in [0.2, 0.25) is 0 Å². The number of rotatable bonds is 4. The molecule has 0 spiro atoms. The quantitative estimate of drug-likeness (QED) is 0.839. The predicted molar refractivity (Wildman–Crippen MR) is 77.3 cm³/mol. The monoisotopic (exact) mass is 300 g/mol. The Morgan fingerprint density at radius 1 is 1.35 bits per heavy atom. The lowest BCUT2D eigenvalue weighted by Crippen LogP contribution is -2.34. The van der Waals surface area contributed by atoms with Gasteiger partial charge in [-0.05, 0) is 37.3 Å². The highest BCUT2D eigenvalue weighted by Crippen LogP contribution is 2.37. The zero-order chi connectivity index (χ0) is 15.0. The largest absolute Gasteiger partial charge is 0.399 e. The van der Waals surface area contributed by atoms with Crippen LogP contribution in [0.5, 0.6) is 0 Å². The Morgan fingerprint density at radius 3 is 2.55 bits per heavy atom. The molecule has 1 aromatic carbocycles. The van der Waals surface area contributed by atoms with Gasteiger partial charge in [-0.2, -0.15) is 0 Å². The summed E-state index contributed by atoms with van der Waals surface area (Å²) in [6.45, 7) is 3.90. The molecular weight excluding hydrogens is 279 g/mol. The average Bonchev–Trinajstić information content (AvgIpc) is 2.79. The number of hydrogen-bond acceptors (Lipinski definition) is 3. The molecule has 0 saturated heterocycles. The van der Waals surface area contributed by atoms with E-state index in [4.69, 9.17) is 5.73 Å². The molecule has 112 valence electrons. The molecule has 1 aliphatic rings. The highest BCUT2D eigenvalue weighted by atomic mass is 32.2. The van der Waals surface area contributed by atoms with E-state index in [0.717, 1.165) is 31.7 Å². The van der Waals surface area contributed by atoms with Crippen LogP contribution in [0.1, 0.15) is 38.2 Å². The van der Waals surface area contributed by atoms with Crippen molar-refractivity contribution in [1.29, 1.82) is 0 Å². The van der Waals surface area contributed by atoms with E-state index in [-0.39, 0.29) is 21.6 Å². The Balaban J connectivity index is 2.22. The second kappa shape index (κ2) is 5.33. The molecule has 2 rings (SSSR count). The Kier molecular flexibility index (Phi) is 4.07. The van der Waals surface area contributed by atoms with Crippen LogP contribution in [0, 0.1) is 18.2 Å². The molecule has 6 heteroatoms. The Hall–Kier alpha value is -1.14. The lowest BCUT2D eigenvalue weighted by molar-refractivity contribution is 0.336. The van der Waals surface area contributed by atoms with Crippen LogP contribution >= 0.6 is 0 Å².